The third kappa shape index (κ3) is 5.04. The lowest BCUT2D eigenvalue weighted by Gasteiger charge is -2.28. The molecule has 2 nitrogen and oxygen atoms in total. The molecule has 0 aliphatic carbocycles. The summed E-state index contributed by atoms with van der Waals surface area (Å²) in [4.78, 5) is 2.42. The van der Waals surface area contributed by atoms with E-state index in [0.29, 0.717) is 0 Å². The van der Waals surface area contributed by atoms with Crippen LogP contribution in [0.5, 0.6) is 0 Å². The number of fused-ring (bicyclic) bond motifs is 6. The summed E-state index contributed by atoms with van der Waals surface area (Å²) >= 11 is 0. The van der Waals surface area contributed by atoms with Crippen molar-refractivity contribution in [3.63, 3.8) is 0 Å². The summed E-state index contributed by atoms with van der Waals surface area (Å²) in [6, 6.07) is 71.6. The molecule has 0 spiro atoms. The Bertz CT molecular complexity index is 2890. The molecule has 0 aliphatic heterocycles. The molecule has 52 heavy (non-hydrogen) atoms. The highest BCUT2D eigenvalue weighted by molar-refractivity contribution is 6.19. The van der Waals surface area contributed by atoms with Gasteiger partial charge in [-0.25, -0.2) is 0 Å². The Morgan fingerprint density at radius 2 is 0.962 bits per heavy atom. The van der Waals surface area contributed by atoms with Crippen molar-refractivity contribution in [2.75, 3.05) is 4.90 Å². The van der Waals surface area contributed by atoms with Crippen LogP contribution in [-0.4, -0.2) is 0 Å². The number of rotatable bonds is 6. The van der Waals surface area contributed by atoms with Crippen LogP contribution in [0, 0.1) is 0 Å². The van der Waals surface area contributed by atoms with Gasteiger partial charge in [0.25, 0.3) is 0 Å². The minimum Gasteiger partial charge on any atom is -0.455 e. The van der Waals surface area contributed by atoms with Crippen molar-refractivity contribution >= 4 is 60.5 Å². The summed E-state index contributed by atoms with van der Waals surface area (Å²) in [6.07, 6.45) is 0. The molecule has 0 atom stereocenters. The summed E-state index contributed by atoms with van der Waals surface area (Å²) in [7, 11) is 0. The van der Waals surface area contributed by atoms with E-state index in [1.165, 1.54) is 43.8 Å². The molecule has 0 N–H and O–H groups in total. The molecule has 0 unspecified atom stereocenters. The van der Waals surface area contributed by atoms with Crippen molar-refractivity contribution in [3.05, 3.63) is 200 Å². The molecule has 0 bridgehead atoms. The van der Waals surface area contributed by atoms with Gasteiger partial charge in [-0.1, -0.05) is 158 Å². The molecule has 0 amide bonds. The fourth-order valence-electron chi connectivity index (χ4n) is 7.78. The number of benzene rings is 9. The highest BCUT2D eigenvalue weighted by atomic mass is 16.3. The molecular weight excluding hydrogens is 631 g/mol. The highest BCUT2D eigenvalue weighted by Gasteiger charge is 2.23. The fourth-order valence-corrected chi connectivity index (χ4v) is 7.78. The van der Waals surface area contributed by atoms with Crippen molar-refractivity contribution in [1.29, 1.82) is 0 Å². The highest BCUT2D eigenvalue weighted by Crippen LogP contribution is 2.48. The summed E-state index contributed by atoms with van der Waals surface area (Å²) < 4.78 is 6.74. The first-order chi connectivity index (χ1) is 25.8. The third-order valence-corrected chi connectivity index (χ3v) is 10.3. The first-order valence-corrected chi connectivity index (χ1v) is 17.8. The van der Waals surface area contributed by atoms with Crippen LogP contribution in [0.2, 0.25) is 0 Å². The number of hydrogen-bond donors (Lipinski definition) is 0. The fraction of sp³-hybridized carbons (Fsp3) is 0. The van der Waals surface area contributed by atoms with Gasteiger partial charge in [0.2, 0.25) is 0 Å². The molecule has 2 heteroatoms. The summed E-state index contributed by atoms with van der Waals surface area (Å²) in [5.41, 5.74) is 12.0. The standard InChI is InChI=1S/C50H33NO/c1-3-13-34(14-4-1)38-18-11-19-39(33-38)35-25-28-40(29-26-35)51(46-23-12-22-43-41-20-8-7-17-37(41)27-30-44(43)46)47-32-31-42(36-15-5-2-6-16-36)50-49(47)45-21-9-10-24-48(45)52-50/h1-33H. The molecule has 0 saturated heterocycles. The minimum absolute atomic E-state index is 0.875. The average molecular weight is 664 g/mol. The maximum absolute atomic E-state index is 6.74. The Balaban J connectivity index is 1.21. The van der Waals surface area contributed by atoms with Crippen molar-refractivity contribution < 1.29 is 4.42 Å². The lowest BCUT2D eigenvalue weighted by atomic mass is 9.97. The summed E-state index contributed by atoms with van der Waals surface area (Å²) in [5, 5.41) is 7.08. The number of nitrogens with zero attached hydrogens (tertiary/aromatic N) is 1. The first kappa shape index (κ1) is 30.0. The minimum atomic E-state index is 0.875. The molecule has 10 aromatic rings. The van der Waals surface area contributed by atoms with Crippen molar-refractivity contribution in [3.8, 4) is 33.4 Å². The van der Waals surface area contributed by atoms with Crippen LogP contribution >= 0.6 is 0 Å². The topological polar surface area (TPSA) is 16.4 Å². The largest absolute Gasteiger partial charge is 0.455 e. The zero-order chi connectivity index (χ0) is 34.4. The molecule has 0 radical (unpaired) electrons. The lowest BCUT2D eigenvalue weighted by Crippen LogP contribution is -2.11. The molecule has 0 aliphatic rings. The van der Waals surface area contributed by atoms with E-state index in [4.69, 9.17) is 4.42 Å². The van der Waals surface area contributed by atoms with Gasteiger partial charge in [0, 0.05) is 22.0 Å². The number of anilines is 3. The predicted octanol–water partition coefficient (Wildman–Crippen LogP) is 14.4. The molecular formula is C50H33NO. The Labute approximate surface area is 302 Å². The molecule has 1 aromatic heterocycles. The smallest absolute Gasteiger partial charge is 0.145 e. The quantitative estimate of drug-likeness (QED) is 0.165. The van der Waals surface area contributed by atoms with E-state index in [2.05, 4.69) is 199 Å². The van der Waals surface area contributed by atoms with Gasteiger partial charge in [-0.05, 0) is 86.4 Å². The predicted molar refractivity (Wildman–Crippen MR) is 220 cm³/mol. The van der Waals surface area contributed by atoms with Gasteiger partial charge in [-0.15, -0.1) is 0 Å². The van der Waals surface area contributed by atoms with Crippen LogP contribution in [0.15, 0.2) is 205 Å². The Morgan fingerprint density at radius 3 is 1.75 bits per heavy atom. The molecule has 10 rings (SSSR count). The van der Waals surface area contributed by atoms with E-state index in [-0.39, 0.29) is 0 Å². The maximum Gasteiger partial charge on any atom is 0.145 e. The average Bonchev–Trinajstić information content (AvgIpc) is 3.62. The van der Waals surface area contributed by atoms with Gasteiger partial charge in [-0.2, -0.15) is 0 Å². The molecule has 244 valence electrons. The van der Waals surface area contributed by atoms with Gasteiger partial charge in [0.1, 0.15) is 11.2 Å². The zero-order valence-corrected chi connectivity index (χ0v) is 28.4. The Hall–Kier alpha value is -6.90. The van der Waals surface area contributed by atoms with E-state index >= 15 is 0 Å². The number of para-hydroxylation sites is 1. The van der Waals surface area contributed by atoms with E-state index in [0.717, 1.165) is 50.1 Å². The van der Waals surface area contributed by atoms with Crippen LogP contribution in [0.4, 0.5) is 17.1 Å². The van der Waals surface area contributed by atoms with Gasteiger partial charge >= 0.3 is 0 Å². The second kappa shape index (κ2) is 12.5. The van der Waals surface area contributed by atoms with Crippen molar-refractivity contribution in [2.45, 2.75) is 0 Å². The molecule has 0 saturated carbocycles. The van der Waals surface area contributed by atoms with Crippen LogP contribution in [-0.2, 0) is 0 Å². The van der Waals surface area contributed by atoms with Gasteiger partial charge < -0.3 is 9.32 Å². The summed E-state index contributed by atoms with van der Waals surface area (Å²) in [6.45, 7) is 0. The van der Waals surface area contributed by atoms with Gasteiger partial charge in [-0.3, -0.25) is 0 Å². The van der Waals surface area contributed by atoms with Crippen LogP contribution in [0.3, 0.4) is 0 Å². The number of furan rings is 1. The van der Waals surface area contributed by atoms with Crippen molar-refractivity contribution in [1.82, 2.24) is 0 Å². The normalized spacial score (nSPS) is 11.5. The van der Waals surface area contributed by atoms with Crippen LogP contribution < -0.4 is 4.90 Å². The van der Waals surface area contributed by atoms with E-state index in [1.54, 1.807) is 0 Å². The van der Waals surface area contributed by atoms with Gasteiger partial charge in [0.05, 0.1) is 16.8 Å². The zero-order valence-electron chi connectivity index (χ0n) is 28.4. The monoisotopic (exact) mass is 663 g/mol. The third-order valence-electron chi connectivity index (χ3n) is 10.3. The van der Waals surface area contributed by atoms with Crippen molar-refractivity contribution in [2.24, 2.45) is 0 Å². The van der Waals surface area contributed by atoms with E-state index < -0.39 is 0 Å². The van der Waals surface area contributed by atoms with Crippen LogP contribution in [0.25, 0.3) is 76.9 Å². The second-order valence-corrected chi connectivity index (χ2v) is 13.3. The molecule has 1 heterocycles. The van der Waals surface area contributed by atoms with Crippen LogP contribution in [0.1, 0.15) is 0 Å². The lowest BCUT2D eigenvalue weighted by molar-refractivity contribution is 0.670. The van der Waals surface area contributed by atoms with E-state index in [9.17, 15) is 0 Å². The van der Waals surface area contributed by atoms with E-state index in [1.807, 2.05) is 6.07 Å². The summed E-state index contributed by atoms with van der Waals surface area (Å²) in [5.74, 6) is 0. The SMILES string of the molecule is c1ccc(-c2cccc(-c3ccc(N(c4cccc5c4ccc4ccccc45)c4ccc(-c5ccccc5)c5oc6ccccc6c45)cc3)c2)cc1. The maximum atomic E-state index is 6.74. The van der Waals surface area contributed by atoms with Gasteiger partial charge in [0.15, 0.2) is 0 Å². The molecule has 9 aromatic carbocycles. The first-order valence-electron chi connectivity index (χ1n) is 17.8. The Morgan fingerprint density at radius 1 is 0.346 bits per heavy atom. The number of hydrogen-bond acceptors (Lipinski definition) is 2. The Kier molecular flexibility index (Phi) is 7.18. The molecule has 0 fully saturated rings. The second-order valence-electron chi connectivity index (χ2n) is 13.3.